The van der Waals surface area contributed by atoms with Crippen LogP contribution in [0.2, 0.25) is 0 Å². The van der Waals surface area contributed by atoms with E-state index in [-0.39, 0.29) is 11.3 Å². The van der Waals surface area contributed by atoms with E-state index in [1.807, 2.05) is 12.1 Å². The van der Waals surface area contributed by atoms with Crippen LogP contribution in [0.25, 0.3) is 0 Å². The first-order valence-corrected chi connectivity index (χ1v) is 7.19. The Bertz CT molecular complexity index is 515. The topological polar surface area (TPSA) is 52.9 Å². The third-order valence-electron chi connectivity index (χ3n) is 3.66. The lowest BCUT2D eigenvalue weighted by atomic mass is 9.86. The quantitative estimate of drug-likeness (QED) is 0.914. The van der Waals surface area contributed by atoms with Gasteiger partial charge in [0.15, 0.2) is 0 Å². The van der Waals surface area contributed by atoms with Crippen molar-refractivity contribution in [2.45, 2.75) is 51.5 Å². The van der Waals surface area contributed by atoms with Gasteiger partial charge in [-0.25, -0.2) is 0 Å². The van der Waals surface area contributed by atoms with Gasteiger partial charge in [-0.05, 0) is 35.8 Å². The highest BCUT2D eigenvalue weighted by Crippen LogP contribution is 2.23. The van der Waals surface area contributed by atoms with Crippen molar-refractivity contribution in [3.05, 3.63) is 35.4 Å². The Morgan fingerprint density at radius 1 is 1.35 bits per heavy atom. The lowest BCUT2D eigenvalue weighted by molar-refractivity contribution is -0.123. The van der Waals surface area contributed by atoms with Crippen molar-refractivity contribution in [1.29, 1.82) is 5.26 Å². The minimum absolute atomic E-state index is 0.122. The van der Waals surface area contributed by atoms with Gasteiger partial charge in [0.25, 0.3) is 0 Å². The van der Waals surface area contributed by atoms with Gasteiger partial charge in [0.05, 0.1) is 6.07 Å². The smallest absolute Gasteiger partial charge is 0.237 e. The molecule has 3 nitrogen and oxygen atoms in total. The Hall–Kier alpha value is -1.82. The van der Waals surface area contributed by atoms with Crippen molar-refractivity contribution in [3.63, 3.8) is 0 Å². The molecular formula is C17H22N2O. The summed E-state index contributed by atoms with van der Waals surface area (Å²) in [6.45, 7) is 6.51. The average Bonchev–Trinajstić information content (AvgIpc) is 3.19. The first-order valence-electron chi connectivity index (χ1n) is 7.19. The molecule has 0 spiro atoms. The Labute approximate surface area is 121 Å². The minimum Gasteiger partial charge on any atom is -0.352 e. The van der Waals surface area contributed by atoms with Gasteiger partial charge in [-0.1, -0.05) is 45.0 Å². The fourth-order valence-electron chi connectivity index (χ4n) is 2.10. The number of rotatable bonds is 4. The maximum atomic E-state index is 11.9. The molecule has 1 amide bonds. The third-order valence-corrected chi connectivity index (χ3v) is 3.66. The Kier molecular flexibility index (Phi) is 4.13. The average molecular weight is 270 g/mol. The molecular weight excluding hydrogens is 248 g/mol. The summed E-state index contributed by atoms with van der Waals surface area (Å²) < 4.78 is 0. The van der Waals surface area contributed by atoms with Crippen molar-refractivity contribution >= 4 is 5.91 Å². The van der Waals surface area contributed by atoms with Crippen molar-refractivity contribution in [3.8, 4) is 6.07 Å². The summed E-state index contributed by atoms with van der Waals surface area (Å²) in [6.07, 6.45) is 2.58. The van der Waals surface area contributed by atoms with Gasteiger partial charge in [0.1, 0.15) is 5.92 Å². The molecule has 0 aromatic heterocycles. The van der Waals surface area contributed by atoms with E-state index in [4.69, 9.17) is 5.26 Å². The molecule has 1 fully saturated rings. The molecule has 1 aromatic carbocycles. The van der Waals surface area contributed by atoms with Gasteiger partial charge in [-0.15, -0.1) is 0 Å². The van der Waals surface area contributed by atoms with E-state index in [1.165, 1.54) is 5.56 Å². The van der Waals surface area contributed by atoms with Gasteiger partial charge in [0, 0.05) is 6.04 Å². The van der Waals surface area contributed by atoms with Gasteiger partial charge in [-0.3, -0.25) is 4.79 Å². The highest BCUT2D eigenvalue weighted by Gasteiger charge is 2.27. The molecule has 0 heterocycles. The van der Waals surface area contributed by atoms with Crippen molar-refractivity contribution in [2.24, 2.45) is 5.92 Å². The van der Waals surface area contributed by atoms with E-state index in [1.54, 1.807) is 0 Å². The van der Waals surface area contributed by atoms with Crippen LogP contribution in [0.15, 0.2) is 24.3 Å². The lowest BCUT2D eigenvalue weighted by Crippen LogP contribution is -2.32. The van der Waals surface area contributed by atoms with E-state index in [9.17, 15) is 4.79 Å². The summed E-state index contributed by atoms with van der Waals surface area (Å²) in [5.41, 5.74) is 2.42. The molecule has 106 valence electrons. The van der Waals surface area contributed by atoms with Crippen LogP contribution < -0.4 is 5.32 Å². The molecule has 1 N–H and O–H groups in total. The standard InChI is InChI=1S/C17H22N2O/c1-17(2,3)14-6-4-12(5-7-14)10-13(11-18)16(20)19-15-8-9-15/h4-7,13,15H,8-10H2,1-3H3,(H,19,20). The van der Waals surface area contributed by atoms with E-state index in [0.29, 0.717) is 12.5 Å². The van der Waals surface area contributed by atoms with Gasteiger partial charge in [0.2, 0.25) is 5.91 Å². The predicted octanol–water partition coefficient (Wildman–Crippen LogP) is 2.94. The molecule has 20 heavy (non-hydrogen) atoms. The molecule has 1 aliphatic rings. The second-order valence-electron chi connectivity index (χ2n) is 6.62. The first-order chi connectivity index (χ1) is 9.40. The summed E-state index contributed by atoms with van der Waals surface area (Å²) in [6, 6.07) is 10.6. The van der Waals surface area contributed by atoms with Crippen LogP contribution in [0.5, 0.6) is 0 Å². The van der Waals surface area contributed by atoms with Crippen LogP contribution in [0.4, 0.5) is 0 Å². The molecule has 0 saturated heterocycles. The molecule has 1 aromatic rings. The maximum absolute atomic E-state index is 11.9. The number of hydrogen-bond donors (Lipinski definition) is 1. The highest BCUT2D eigenvalue weighted by molar-refractivity contribution is 5.81. The number of carbonyl (C=O) groups excluding carboxylic acids is 1. The summed E-state index contributed by atoms with van der Waals surface area (Å²) in [4.78, 5) is 11.9. The summed E-state index contributed by atoms with van der Waals surface area (Å²) in [5.74, 6) is -0.717. The summed E-state index contributed by atoms with van der Waals surface area (Å²) in [7, 11) is 0. The summed E-state index contributed by atoms with van der Waals surface area (Å²) in [5, 5.41) is 12.1. The second kappa shape index (κ2) is 5.66. The number of benzene rings is 1. The number of nitriles is 1. The summed E-state index contributed by atoms with van der Waals surface area (Å²) >= 11 is 0. The first kappa shape index (κ1) is 14.6. The Balaban J connectivity index is 2.00. The molecule has 1 aliphatic carbocycles. The zero-order valence-electron chi connectivity index (χ0n) is 12.4. The molecule has 1 saturated carbocycles. The molecule has 1 unspecified atom stereocenters. The van der Waals surface area contributed by atoms with Crippen LogP contribution in [-0.4, -0.2) is 11.9 Å². The number of carbonyl (C=O) groups is 1. The van der Waals surface area contributed by atoms with Crippen LogP contribution in [0, 0.1) is 17.2 Å². The van der Waals surface area contributed by atoms with Gasteiger partial charge < -0.3 is 5.32 Å². The molecule has 1 atom stereocenters. The Morgan fingerprint density at radius 2 is 1.95 bits per heavy atom. The van der Waals surface area contributed by atoms with Crippen LogP contribution >= 0.6 is 0 Å². The lowest BCUT2D eigenvalue weighted by Gasteiger charge is -2.19. The van der Waals surface area contributed by atoms with E-state index >= 15 is 0 Å². The normalized spacial score (nSPS) is 16.3. The zero-order chi connectivity index (χ0) is 14.8. The zero-order valence-corrected chi connectivity index (χ0v) is 12.4. The molecule has 0 radical (unpaired) electrons. The second-order valence-corrected chi connectivity index (χ2v) is 6.62. The number of amides is 1. The molecule has 3 heteroatoms. The van der Waals surface area contributed by atoms with E-state index in [0.717, 1.165) is 18.4 Å². The number of nitrogens with zero attached hydrogens (tertiary/aromatic N) is 1. The maximum Gasteiger partial charge on any atom is 0.237 e. The number of hydrogen-bond acceptors (Lipinski definition) is 2. The largest absolute Gasteiger partial charge is 0.352 e. The van der Waals surface area contributed by atoms with E-state index < -0.39 is 5.92 Å². The minimum atomic E-state index is -0.587. The molecule has 0 aliphatic heterocycles. The predicted molar refractivity (Wildman–Crippen MR) is 79.1 cm³/mol. The van der Waals surface area contributed by atoms with Crippen LogP contribution in [0.1, 0.15) is 44.7 Å². The third kappa shape index (κ3) is 3.84. The molecule has 0 bridgehead atoms. The highest BCUT2D eigenvalue weighted by atomic mass is 16.2. The number of nitrogens with one attached hydrogen (secondary N) is 1. The van der Waals surface area contributed by atoms with Crippen LogP contribution in [0.3, 0.4) is 0 Å². The molecule has 2 rings (SSSR count). The van der Waals surface area contributed by atoms with Crippen LogP contribution in [-0.2, 0) is 16.6 Å². The van der Waals surface area contributed by atoms with E-state index in [2.05, 4.69) is 44.3 Å². The van der Waals surface area contributed by atoms with Gasteiger partial charge in [-0.2, -0.15) is 5.26 Å². The van der Waals surface area contributed by atoms with Crippen molar-refractivity contribution in [2.75, 3.05) is 0 Å². The fourth-order valence-corrected chi connectivity index (χ4v) is 2.10. The fraction of sp³-hybridized carbons (Fsp3) is 0.529. The van der Waals surface area contributed by atoms with Crippen molar-refractivity contribution in [1.82, 2.24) is 5.32 Å². The SMILES string of the molecule is CC(C)(C)c1ccc(CC(C#N)C(=O)NC2CC2)cc1. The Morgan fingerprint density at radius 3 is 2.40 bits per heavy atom. The van der Waals surface area contributed by atoms with Crippen molar-refractivity contribution < 1.29 is 4.79 Å². The monoisotopic (exact) mass is 270 g/mol. The van der Waals surface area contributed by atoms with Gasteiger partial charge >= 0.3 is 0 Å².